The molecular weight excluding hydrogens is 389 g/mol. The van der Waals surface area contributed by atoms with E-state index in [4.69, 9.17) is 15.2 Å². The molecule has 8 heteroatoms. The molecule has 1 atom stereocenters. The van der Waals surface area contributed by atoms with Gasteiger partial charge in [-0.2, -0.15) is 0 Å². The number of amides is 2. The second-order valence-corrected chi connectivity index (χ2v) is 7.41. The fourth-order valence-electron chi connectivity index (χ4n) is 3.69. The van der Waals surface area contributed by atoms with Crippen LogP contribution in [0, 0.1) is 5.82 Å². The fourth-order valence-corrected chi connectivity index (χ4v) is 3.69. The van der Waals surface area contributed by atoms with E-state index in [-0.39, 0.29) is 37.9 Å². The SMILES string of the molecule is NC(=O)C[C@@]1(COc2ccc(F)cc2)CN(C(=O)c2cc3ccccc3[nH]2)CCO1. The van der Waals surface area contributed by atoms with Gasteiger partial charge in [0.2, 0.25) is 5.91 Å². The number of ether oxygens (including phenoxy) is 2. The van der Waals surface area contributed by atoms with Gasteiger partial charge in [0.15, 0.2) is 0 Å². The summed E-state index contributed by atoms with van der Waals surface area (Å²) in [5, 5.41) is 0.942. The van der Waals surface area contributed by atoms with Crippen LogP contribution in [0.5, 0.6) is 5.75 Å². The van der Waals surface area contributed by atoms with Crippen LogP contribution >= 0.6 is 0 Å². The Morgan fingerprint density at radius 1 is 1.20 bits per heavy atom. The number of H-pyrrole nitrogens is 1. The number of nitrogens with zero attached hydrogens (tertiary/aromatic N) is 1. The number of aromatic amines is 1. The van der Waals surface area contributed by atoms with Crippen LogP contribution in [0.3, 0.4) is 0 Å². The van der Waals surface area contributed by atoms with Crippen molar-refractivity contribution in [2.75, 3.05) is 26.3 Å². The number of halogens is 1. The van der Waals surface area contributed by atoms with E-state index < -0.39 is 11.5 Å². The summed E-state index contributed by atoms with van der Waals surface area (Å²) < 4.78 is 24.8. The van der Waals surface area contributed by atoms with Gasteiger partial charge in [-0.05, 0) is 36.4 Å². The molecule has 1 aliphatic rings. The Bertz CT molecular complexity index is 1030. The zero-order chi connectivity index (χ0) is 21.1. The van der Waals surface area contributed by atoms with Crippen molar-refractivity contribution in [1.29, 1.82) is 0 Å². The molecule has 1 aromatic heterocycles. The number of morpholine rings is 1. The van der Waals surface area contributed by atoms with E-state index in [2.05, 4.69) is 4.98 Å². The maximum Gasteiger partial charge on any atom is 0.270 e. The number of carbonyl (C=O) groups is 2. The van der Waals surface area contributed by atoms with Crippen molar-refractivity contribution >= 4 is 22.7 Å². The molecule has 3 N–H and O–H groups in total. The van der Waals surface area contributed by atoms with Crippen LogP contribution in [0.25, 0.3) is 10.9 Å². The lowest BCUT2D eigenvalue weighted by Crippen LogP contribution is -2.58. The third kappa shape index (κ3) is 4.28. The largest absolute Gasteiger partial charge is 0.490 e. The number of hydrogen-bond acceptors (Lipinski definition) is 4. The van der Waals surface area contributed by atoms with E-state index in [9.17, 15) is 14.0 Å². The zero-order valence-corrected chi connectivity index (χ0v) is 16.3. The normalized spacial score (nSPS) is 19.0. The van der Waals surface area contributed by atoms with E-state index in [0.717, 1.165) is 10.9 Å². The van der Waals surface area contributed by atoms with Gasteiger partial charge < -0.3 is 25.1 Å². The second-order valence-electron chi connectivity index (χ2n) is 7.41. The van der Waals surface area contributed by atoms with Crippen molar-refractivity contribution in [1.82, 2.24) is 9.88 Å². The number of primary amides is 1. The van der Waals surface area contributed by atoms with Crippen LogP contribution in [0.2, 0.25) is 0 Å². The summed E-state index contributed by atoms with van der Waals surface area (Å²) >= 11 is 0. The molecule has 0 spiro atoms. The monoisotopic (exact) mass is 411 g/mol. The van der Waals surface area contributed by atoms with Crippen molar-refractivity contribution in [3.05, 3.63) is 66.1 Å². The number of hydrogen-bond donors (Lipinski definition) is 2. The predicted molar refractivity (Wildman–Crippen MR) is 109 cm³/mol. The molecule has 0 saturated carbocycles. The van der Waals surface area contributed by atoms with Crippen LogP contribution < -0.4 is 10.5 Å². The number of rotatable bonds is 6. The molecule has 7 nitrogen and oxygen atoms in total. The van der Waals surface area contributed by atoms with E-state index in [1.54, 1.807) is 11.0 Å². The van der Waals surface area contributed by atoms with Crippen LogP contribution in [-0.2, 0) is 9.53 Å². The Morgan fingerprint density at radius 3 is 2.70 bits per heavy atom. The highest BCUT2D eigenvalue weighted by Gasteiger charge is 2.41. The molecule has 0 aliphatic carbocycles. The fraction of sp³-hybridized carbons (Fsp3) is 0.273. The maximum atomic E-state index is 13.1. The number of para-hydroxylation sites is 1. The van der Waals surface area contributed by atoms with E-state index in [0.29, 0.717) is 18.0 Å². The summed E-state index contributed by atoms with van der Waals surface area (Å²) in [6.45, 7) is 0.765. The summed E-state index contributed by atoms with van der Waals surface area (Å²) in [7, 11) is 0. The second kappa shape index (κ2) is 8.16. The summed E-state index contributed by atoms with van der Waals surface area (Å²) in [5.74, 6) is -0.691. The third-order valence-corrected chi connectivity index (χ3v) is 5.11. The summed E-state index contributed by atoms with van der Waals surface area (Å²) in [5.41, 5.74) is 5.70. The van der Waals surface area contributed by atoms with E-state index in [1.165, 1.54) is 24.3 Å². The van der Waals surface area contributed by atoms with Crippen LogP contribution in [-0.4, -0.2) is 53.6 Å². The minimum absolute atomic E-state index is 0.00193. The molecule has 4 rings (SSSR count). The van der Waals surface area contributed by atoms with Gasteiger partial charge in [-0.1, -0.05) is 18.2 Å². The Balaban J connectivity index is 1.52. The summed E-state index contributed by atoms with van der Waals surface area (Å²) in [6.07, 6.45) is -0.106. The Kier molecular flexibility index (Phi) is 5.41. The van der Waals surface area contributed by atoms with Crippen molar-refractivity contribution < 1.29 is 23.5 Å². The number of carbonyl (C=O) groups excluding carboxylic acids is 2. The van der Waals surface area contributed by atoms with Gasteiger partial charge >= 0.3 is 0 Å². The molecule has 0 unspecified atom stereocenters. The van der Waals surface area contributed by atoms with Crippen molar-refractivity contribution in [2.45, 2.75) is 12.0 Å². The van der Waals surface area contributed by atoms with Gasteiger partial charge in [-0.25, -0.2) is 4.39 Å². The molecule has 3 aromatic rings. The average Bonchev–Trinajstić information content (AvgIpc) is 3.17. The first-order valence-corrected chi connectivity index (χ1v) is 9.62. The van der Waals surface area contributed by atoms with E-state index >= 15 is 0 Å². The van der Waals surface area contributed by atoms with Gasteiger partial charge in [0, 0.05) is 17.4 Å². The molecule has 156 valence electrons. The smallest absolute Gasteiger partial charge is 0.270 e. The predicted octanol–water partition coefficient (Wildman–Crippen LogP) is 2.47. The number of fused-ring (bicyclic) bond motifs is 1. The number of nitrogens with two attached hydrogens (primary N) is 1. The number of benzene rings is 2. The number of aromatic nitrogens is 1. The lowest BCUT2D eigenvalue weighted by molar-refractivity contribution is -0.142. The molecule has 1 aliphatic heterocycles. The number of nitrogens with one attached hydrogen (secondary N) is 1. The van der Waals surface area contributed by atoms with Crippen molar-refractivity contribution in [3.8, 4) is 5.75 Å². The van der Waals surface area contributed by atoms with Gasteiger partial charge in [0.1, 0.15) is 29.5 Å². The first-order chi connectivity index (χ1) is 14.4. The first-order valence-electron chi connectivity index (χ1n) is 9.62. The highest BCUT2D eigenvalue weighted by molar-refractivity contribution is 5.98. The summed E-state index contributed by atoms with van der Waals surface area (Å²) in [6, 6.07) is 15.0. The van der Waals surface area contributed by atoms with E-state index in [1.807, 2.05) is 24.3 Å². The maximum absolute atomic E-state index is 13.1. The zero-order valence-electron chi connectivity index (χ0n) is 16.3. The van der Waals surface area contributed by atoms with Crippen molar-refractivity contribution in [3.63, 3.8) is 0 Å². The molecule has 0 bridgehead atoms. The molecule has 2 heterocycles. The molecule has 0 radical (unpaired) electrons. The standard InChI is InChI=1S/C22H22FN3O4/c23-16-5-7-17(8-6-16)29-14-22(12-20(24)27)13-26(9-10-30-22)21(28)19-11-15-3-1-2-4-18(15)25-19/h1-8,11,25H,9-10,12-14H2,(H2,24,27)/t22-/m0/s1. The highest BCUT2D eigenvalue weighted by atomic mass is 19.1. The Labute approximate surface area is 172 Å². The molecule has 1 fully saturated rings. The quantitative estimate of drug-likeness (QED) is 0.651. The topological polar surface area (TPSA) is 97.7 Å². The molecular formula is C22H22FN3O4. The van der Waals surface area contributed by atoms with Crippen LogP contribution in [0.15, 0.2) is 54.6 Å². The average molecular weight is 411 g/mol. The van der Waals surface area contributed by atoms with Gasteiger partial charge in [-0.3, -0.25) is 9.59 Å². The molecule has 1 saturated heterocycles. The molecule has 2 amide bonds. The summed E-state index contributed by atoms with van der Waals surface area (Å²) in [4.78, 5) is 29.6. The van der Waals surface area contributed by atoms with Crippen LogP contribution in [0.4, 0.5) is 4.39 Å². The van der Waals surface area contributed by atoms with Crippen molar-refractivity contribution in [2.24, 2.45) is 5.73 Å². The lowest BCUT2D eigenvalue weighted by atomic mass is 9.97. The molecule has 2 aromatic carbocycles. The van der Waals surface area contributed by atoms with Gasteiger partial charge in [0.05, 0.1) is 19.6 Å². The minimum atomic E-state index is -1.08. The van der Waals surface area contributed by atoms with Crippen LogP contribution in [0.1, 0.15) is 16.9 Å². The lowest BCUT2D eigenvalue weighted by Gasteiger charge is -2.41. The van der Waals surface area contributed by atoms with Gasteiger partial charge in [-0.15, -0.1) is 0 Å². The third-order valence-electron chi connectivity index (χ3n) is 5.11. The Hall–Kier alpha value is -3.39. The highest BCUT2D eigenvalue weighted by Crippen LogP contribution is 2.26. The Morgan fingerprint density at radius 2 is 1.97 bits per heavy atom. The molecule has 30 heavy (non-hydrogen) atoms. The van der Waals surface area contributed by atoms with Gasteiger partial charge in [0.25, 0.3) is 5.91 Å². The first kappa shape index (κ1) is 19.9. The minimum Gasteiger partial charge on any atom is -0.490 e.